The van der Waals surface area contributed by atoms with Crippen LogP contribution in [0.5, 0.6) is 0 Å². The minimum Gasteiger partial charge on any atom is -0.449 e. The standard InChI is InChI=1S/C28H30F9N7O2.C24H21F9N6O2/c1-5-20-15-42(22-14-17(26(29,30)31)7-8-21(22)44(20)25(45)46-6-2)23(24-38-40-43(39-24)10-9-41(3)4)16-11-18(27(32,33)34)13-19(12-16)28(35,36)37;1-3-16-11-38(18-10-13(22(25,26)27)5-6-17(18)39(16)21(40)41-4-2)19(20-34-36-37-35-20)12-7-14(23(28,29)30)9-15(8-12)24(31,32)33/h7-8,11-14,20,23H,5-6,9-10,15H2,1-4H3;5-10,16,19H,3-4,11H2,1-2H3,(H,34,35,36,37). The van der Waals surface area contributed by atoms with Gasteiger partial charge in [-0.1, -0.05) is 19.1 Å². The van der Waals surface area contributed by atoms with Crippen LogP contribution < -0.4 is 19.6 Å². The maximum absolute atomic E-state index is 14.0. The number of amides is 2. The molecule has 8 rings (SSSR count). The molecule has 474 valence electrons. The van der Waals surface area contributed by atoms with Gasteiger partial charge in [-0.3, -0.25) is 9.80 Å². The molecule has 4 heterocycles. The number of likely N-dealkylation sites (N-methyl/N-ethyl adjacent to an activating group) is 1. The molecular weight excluding hydrogens is 1210 g/mol. The fourth-order valence-electron chi connectivity index (χ4n) is 9.71. The zero-order chi connectivity index (χ0) is 64.5. The molecule has 87 heavy (non-hydrogen) atoms. The number of anilines is 4. The number of H-pyrrole nitrogens is 1. The van der Waals surface area contributed by atoms with Gasteiger partial charge in [-0.15, -0.1) is 20.4 Å². The highest BCUT2D eigenvalue weighted by Crippen LogP contribution is 2.50. The number of hydrogen-bond acceptors (Lipinski definition) is 13. The number of aromatic amines is 1. The third kappa shape index (κ3) is 15.0. The van der Waals surface area contributed by atoms with Crippen LogP contribution in [-0.4, -0.2) is 117 Å². The summed E-state index contributed by atoms with van der Waals surface area (Å²) in [5, 5.41) is 25.0. The number of nitrogens with zero attached hydrogens (tertiary/aromatic N) is 12. The van der Waals surface area contributed by atoms with Gasteiger partial charge in [-0.05, 0) is 130 Å². The Bertz CT molecular complexity index is 3300. The number of halogens is 18. The van der Waals surface area contributed by atoms with Gasteiger partial charge in [0.05, 0.1) is 88.0 Å². The number of alkyl halides is 18. The van der Waals surface area contributed by atoms with E-state index >= 15 is 0 Å². The maximum Gasteiger partial charge on any atom is 0.416 e. The zero-order valence-corrected chi connectivity index (χ0v) is 46.2. The fraction of sp³-hybridized carbons (Fsp3) is 0.462. The van der Waals surface area contributed by atoms with E-state index in [1.54, 1.807) is 32.8 Å². The van der Waals surface area contributed by atoms with Crippen LogP contribution in [-0.2, 0) is 53.1 Å². The summed E-state index contributed by atoms with van der Waals surface area (Å²) in [5.41, 5.74) is -10.9. The van der Waals surface area contributed by atoms with E-state index in [1.165, 1.54) is 18.7 Å². The zero-order valence-electron chi connectivity index (χ0n) is 46.2. The molecule has 0 aliphatic carbocycles. The summed E-state index contributed by atoms with van der Waals surface area (Å²) in [4.78, 5) is 33.3. The molecule has 6 aromatic rings. The van der Waals surface area contributed by atoms with Gasteiger partial charge in [-0.2, -0.15) is 89.0 Å². The summed E-state index contributed by atoms with van der Waals surface area (Å²) >= 11 is 0. The van der Waals surface area contributed by atoms with Crippen molar-refractivity contribution in [2.45, 2.75) is 108 Å². The van der Waals surface area contributed by atoms with Gasteiger partial charge in [-0.25, -0.2) is 9.59 Å². The highest BCUT2D eigenvalue weighted by Gasteiger charge is 2.47. The van der Waals surface area contributed by atoms with Crippen LogP contribution in [0.3, 0.4) is 0 Å². The molecule has 17 nitrogen and oxygen atoms in total. The fourth-order valence-corrected chi connectivity index (χ4v) is 9.71. The average Bonchev–Trinajstić information content (AvgIpc) is 1.73. The first kappa shape index (κ1) is 66.4. The number of hydrogen-bond donors (Lipinski definition) is 1. The molecule has 4 atom stereocenters. The Kier molecular flexibility index (Phi) is 19.3. The molecule has 0 spiro atoms. The second kappa shape index (κ2) is 25.3. The number of benzene rings is 4. The normalized spacial score (nSPS) is 16.7. The highest BCUT2D eigenvalue weighted by atomic mass is 19.4. The molecule has 0 saturated heterocycles. The molecule has 2 aliphatic rings. The van der Waals surface area contributed by atoms with Crippen molar-refractivity contribution in [3.63, 3.8) is 0 Å². The highest BCUT2D eigenvalue weighted by molar-refractivity contribution is 5.96. The van der Waals surface area contributed by atoms with E-state index < -0.39 is 124 Å². The summed E-state index contributed by atoms with van der Waals surface area (Å²) in [5.74, 6) is -0.783. The Morgan fingerprint density at radius 2 is 0.908 bits per heavy atom. The number of nitrogens with one attached hydrogen (secondary N) is 1. The van der Waals surface area contributed by atoms with Crippen LogP contribution in [0, 0.1) is 0 Å². The second-order valence-corrected chi connectivity index (χ2v) is 19.8. The van der Waals surface area contributed by atoms with Gasteiger partial charge >= 0.3 is 49.2 Å². The van der Waals surface area contributed by atoms with Crippen LogP contribution in [0.1, 0.15) is 109 Å². The predicted molar refractivity (Wildman–Crippen MR) is 272 cm³/mol. The third-order valence-electron chi connectivity index (χ3n) is 13.7. The molecule has 2 amide bonds. The third-order valence-corrected chi connectivity index (χ3v) is 13.7. The van der Waals surface area contributed by atoms with Gasteiger partial charge in [0.1, 0.15) is 12.1 Å². The number of rotatable bonds is 13. The van der Waals surface area contributed by atoms with Crippen LogP contribution in [0.2, 0.25) is 0 Å². The molecule has 0 radical (unpaired) electrons. The van der Waals surface area contributed by atoms with Crippen LogP contribution >= 0.6 is 0 Å². The molecule has 4 aromatic carbocycles. The molecule has 2 aromatic heterocycles. The minimum atomic E-state index is -5.22. The summed E-state index contributed by atoms with van der Waals surface area (Å²) in [6.45, 7) is 6.04. The van der Waals surface area contributed by atoms with Crippen molar-refractivity contribution in [2.75, 3.05) is 66.5 Å². The summed E-state index contributed by atoms with van der Waals surface area (Å²) in [6, 6.07) is 1.45. The van der Waals surface area contributed by atoms with Crippen LogP contribution in [0.25, 0.3) is 0 Å². The molecule has 35 heteroatoms. The van der Waals surface area contributed by atoms with E-state index in [1.807, 2.05) is 0 Å². The first-order chi connectivity index (χ1) is 40.4. The maximum atomic E-state index is 14.0. The predicted octanol–water partition coefficient (Wildman–Crippen LogP) is 13.2. The Balaban J connectivity index is 0.000000250. The topological polar surface area (TPSA) is 167 Å². The van der Waals surface area contributed by atoms with Gasteiger partial charge in [0.2, 0.25) is 11.6 Å². The Morgan fingerprint density at radius 1 is 0.529 bits per heavy atom. The number of ether oxygens (including phenoxy) is 2. The average molecular weight is 1260 g/mol. The van der Waals surface area contributed by atoms with E-state index in [0.717, 1.165) is 37.7 Å². The first-order valence-corrected chi connectivity index (χ1v) is 26.0. The number of carbonyl (C=O) groups excluding carboxylic acids is 2. The Morgan fingerprint density at radius 3 is 1.23 bits per heavy atom. The quantitative estimate of drug-likeness (QED) is 0.109. The molecule has 1 N–H and O–H groups in total. The van der Waals surface area contributed by atoms with Crippen molar-refractivity contribution in [3.05, 3.63) is 129 Å². The molecule has 4 unspecified atom stereocenters. The van der Waals surface area contributed by atoms with Gasteiger partial charge in [0.15, 0.2) is 0 Å². The van der Waals surface area contributed by atoms with E-state index in [0.29, 0.717) is 49.0 Å². The molecule has 0 saturated carbocycles. The largest absolute Gasteiger partial charge is 0.449 e. The van der Waals surface area contributed by atoms with Gasteiger partial charge < -0.3 is 24.2 Å². The van der Waals surface area contributed by atoms with Crippen molar-refractivity contribution in [3.8, 4) is 0 Å². The van der Waals surface area contributed by atoms with E-state index in [9.17, 15) is 88.6 Å². The first-order valence-electron chi connectivity index (χ1n) is 26.0. The van der Waals surface area contributed by atoms with E-state index in [2.05, 4.69) is 36.0 Å². The molecule has 0 fully saturated rings. The Hall–Kier alpha value is -8.14. The second-order valence-electron chi connectivity index (χ2n) is 19.8. The molecule has 0 bridgehead atoms. The van der Waals surface area contributed by atoms with Crippen molar-refractivity contribution in [2.24, 2.45) is 0 Å². The summed E-state index contributed by atoms with van der Waals surface area (Å²) in [6.07, 6.45) is -32.0. The SMILES string of the molecule is CCOC(=O)N1c2ccc(C(F)(F)F)cc2N(C(c2cc(C(F)(F)F)cc(C(F)(F)F)c2)c2nn[nH]n2)CC1CC.CCOC(=O)N1c2ccc(C(F)(F)F)cc2N(C(c2cc(C(F)(F)F)cc(C(F)(F)F)c2)c2nnn(CCN(C)C)n2)CC1CC. The van der Waals surface area contributed by atoms with Crippen molar-refractivity contribution in [1.82, 2.24) is 45.7 Å². The lowest BCUT2D eigenvalue weighted by atomic mass is 9.94. The lowest BCUT2D eigenvalue weighted by Crippen LogP contribution is -2.53. The van der Waals surface area contributed by atoms with Crippen molar-refractivity contribution >= 4 is 34.9 Å². The minimum absolute atomic E-state index is 0.0504. The molecular formula is C52H51F18N13O4. The lowest BCUT2D eigenvalue weighted by Gasteiger charge is -2.45. The smallest absolute Gasteiger partial charge is 0.416 e. The van der Waals surface area contributed by atoms with Crippen molar-refractivity contribution < 1.29 is 98.1 Å². The van der Waals surface area contributed by atoms with E-state index in [-0.39, 0.29) is 86.4 Å². The Labute approximate surface area is 481 Å². The number of fused-ring (bicyclic) bond motifs is 2. The number of tetrazole rings is 2. The number of carbonyl (C=O) groups is 2. The summed E-state index contributed by atoms with van der Waals surface area (Å²) in [7, 11) is 3.48. The van der Waals surface area contributed by atoms with Gasteiger partial charge in [0, 0.05) is 19.6 Å². The lowest BCUT2D eigenvalue weighted by molar-refractivity contribution is -0.144. The van der Waals surface area contributed by atoms with Crippen LogP contribution in [0.4, 0.5) is 111 Å². The number of aromatic nitrogens is 8. The summed E-state index contributed by atoms with van der Waals surface area (Å²) < 4.78 is 259. The molecule has 2 aliphatic heterocycles. The van der Waals surface area contributed by atoms with Crippen molar-refractivity contribution in [1.29, 1.82) is 0 Å². The van der Waals surface area contributed by atoms with E-state index in [4.69, 9.17) is 9.47 Å². The van der Waals surface area contributed by atoms with Gasteiger partial charge in [0.25, 0.3) is 0 Å². The van der Waals surface area contributed by atoms with Crippen LogP contribution in [0.15, 0.2) is 72.8 Å². The monoisotopic (exact) mass is 1260 g/mol.